The Balaban J connectivity index is 0.00000242. The van der Waals surface area contributed by atoms with Crippen LogP contribution in [-0.4, -0.2) is 42.0 Å². The first kappa shape index (κ1) is 19.2. The predicted octanol–water partition coefficient (Wildman–Crippen LogP) is 2.20. The van der Waals surface area contributed by atoms with Crippen LogP contribution >= 0.6 is 24.0 Å². The van der Waals surface area contributed by atoms with Gasteiger partial charge < -0.3 is 15.4 Å². The van der Waals surface area contributed by atoms with Gasteiger partial charge in [0.25, 0.3) is 0 Å². The van der Waals surface area contributed by atoms with E-state index >= 15 is 0 Å². The number of nitrogens with zero attached hydrogens (tertiary/aromatic N) is 2. The second-order valence-corrected chi connectivity index (χ2v) is 6.19. The highest BCUT2D eigenvalue weighted by molar-refractivity contribution is 14.0. The highest BCUT2D eigenvalue weighted by Crippen LogP contribution is 2.42. The maximum absolute atomic E-state index is 5.50. The fourth-order valence-corrected chi connectivity index (χ4v) is 2.71. The highest BCUT2D eigenvalue weighted by Gasteiger charge is 2.48. The Hall–Kier alpha value is -0.830. The number of hydrogen-bond acceptors (Lipinski definition) is 3. The average Bonchev–Trinajstić information content (AvgIpc) is 2.85. The molecular formula is C15H28IN5O. The van der Waals surface area contributed by atoms with Crippen molar-refractivity contribution in [3.05, 3.63) is 17.5 Å². The van der Waals surface area contributed by atoms with Gasteiger partial charge in [-0.2, -0.15) is 5.10 Å². The highest BCUT2D eigenvalue weighted by atomic mass is 127. The van der Waals surface area contributed by atoms with Crippen LogP contribution in [0, 0.1) is 12.3 Å². The Labute approximate surface area is 149 Å². The van der Waals surface area contributed by atoms with Crippen molar-refractivity contribution in [1.29, 1.82) is 0 Å². The normalized spacial score (nSPS) is 23.4. The third-order valence-electron chi connectivity index (χ3n) is 4.46. The molecule has 1 fully saturated rings. The van der Waals surface area contributed by atoms with Gasteiger partial charge in [-0.3, -0.25) is 5.10 Å². The summed E-state index contributed by atoms with van der Waals surface area (Å²) >= 11 is 0. The molecule has 1 aromatic rings. The van der Waals surface area contributed by atoms with Crippen molar-refractivity contribution in [2.45, 2.75) is 52.8 Å². The van der Waals surface area contributed by atoms with Crippen LogP contribution in [0.3, 0.4) is 0 Å². The van der Waals surface area contributed by atoms with Gasteiger partial charge in [0, 0.05) is 36.4 Å². The molecule has 0 aromatic carbocycles. The van der Waals surface area contributed by atoms with E-state index in [1.807, 2.05) is 13.1 Å². The summed E-state index contributed by atoms with van der Waals surface area (Å²) in [6, 6.07) is 0.380. The molecular weight excluding hydrogens is 393 g/mol. The van der Waals surface area contributed by atoms with Crippen LogP contribution in [0.1, 0.15) is 38.4 Å². The summed E-state index contributed by atoms with van der Waals surface area (Å²) in [7, 11) is 1.78. The number of halogens is 1. The molecule has 0 spiro atoms. The smallest absolute Gasteiger partial charge is 0.191 e. The van der Waals surface area contributed by atoms with Gasteiger partial charge in [-0.15, -0.1) is 24.0 Å². The summed E-state index contributed by atoms with van der Waals surface area (Å²) in [4.78, 5) is 4.65. The van der Waals surface area contributed by atoms with Gasteiger partial charge in [-0.1, -0.05) is 13.8 Å². The number of aliphatic imine (C=N–C) groups is 1. The summed E-state index contributed by atoms with van der Waals surface area (Å²) in [6.07, 6.45) is 3.16. The molecule has 1 aliphatic carbocycles. The zero-order valence-corrected chi connectivity index (χ0v) is 16.4. The minimum Gasteiger partial charge on any atom is -0.381 e. The monoisotopic (exact) mass is 421 g/mol. The molecule has 126 valence electrons. The SMILES string of the molecule is CCNC(=NCc1cn[nH]c1C)NC1CC(OC)C1(C)C.I. The van der Waals surface area contributed by atoms with Gasteiger partial charge in [0.1, 0.15) is 0 Å². The molecule has 1 heterocycles. The summed E-state index contributed by atoms with van der Waals surface area (Å²) in [5.41, 5.74) is 2.31. The molecule has 22 heavy (non-hydrogen) atoms. The van der Waals surface area contributed by atoms with E-state index < -0.39 is 0 Å². The second-order valence-electron chi connectivity index (χ2n) is 6.19. The maximum atomic E-state index is 5.50. The lowest BCUT2D eigenvalue weighted by Gasteiger charge is -2.51. The zero-order valence-electron chi connectivity index (χ0n) is 14.1. The van der Waals surface area contributed by atoms with E-state index in [0.29, 0.717) is 18.7 Å². The number of methoxy groups -OCH3 is 1. The fraction of sp³-hybridized carbons (Fsp3) is 0.733. The Morgan fingerprint density at radius 3 is 2.77 bits per heavy atom. The van der Waals surface area contributed by atoms with Crippen molar-refractivity contribution in [2.24, 2.45) is 10.4 Å². The maximum Gasteiger partial charge on any atom is 0.191 e. The van der Waals surface area contributed by atoms with Gasteiger partial charge in [-0.05, 0) is 20.3 Å². The zero-order chi connectivity index (χ0) is 15.5. The Kier molecular flexibility index (Phi) is 7.11. The van der Waals surface area contributed by atoms with Gasteiger partial charge in [-0.25, -0.2) is 4.99 Å². The first-order valence-corrected chi connectivity index (χ1v) is 7.55. The van der Waals surface area contributed by atoms with E-state index in [9.17, 15) is 0 Å². The standard InChI is InChI=1S/C15H27N5O.HI/c1-6-16-14(17-8-11-9-18-20-10(11)2)19-12-7-13(21-5)15(12,3)4;/h9,12-13H,6-8H2,1-5H3,(H,18,20)(H2,16,17,19);1H. The van der Waals surface area contributed by atoms with E-state index in [-0.39, 0.29) is 29.4 Å². The van der Waals surface area contributed by atoms with Gasteiger partial charge >= 0.3 is 0 Å². The molecule has 1 aromatic heterocycles. The summed E-state index contributed by atoms with van der Waals surface area (Å²) < 4.78 is 5.50. The number of rotatable bonds is 5. The van der Waals surface area contributed by atoms with Crippen LogP contribution in [0.25, 0.3) is 0 Å². The minimum atomic E-state index is 0. The topological polar surface area (TPSA) is 74.3 Å². The lowest BCUT2D eigenvalue weighted by molar-refractivity contribution is -0.0922. The molecule has 1 aliphatic rings. The molecule has 0 saturated heterocycles. The first-order chi connectivity index (χ1) is 9.98. The Morgan fingerprint density at radius 2 is 2.27 bits per heavy atom. The van der Waals surface area contributed by atoms with Crippen molar-refractivity contribution in [1.82, 2.24) is 20.8 Å². The van der Waals surface area contributed by atoms with Crippen LogP contribution in [0.15, 0.2) is 11.2 Å². The molecule has 7 heteroatoms. The van der Waals surface area contributed by atoms with E-state index in [2.05, 4.69) is 46.6 Å². The number of aromatic amines is 1. The molecule has 2 unspecified atom stereocenters. The molecule has 0 bridgehead atoms. The number of nitrogens with one attached hydrogen (secondary N) is 3. The van der Waals surface area contributed by atoms with E-state index in [1.165, 1.54) is 0 Å². The van der Waals surface area contributed by atoms with Crippen molar-refractivity contribution in [2.75, 3.05) is 13.7 Å². The molecule has 3 N–H and O–H groups in total. The van der Waals surface area contributed by atoms with Crippen molar-refractivity contribution in [3.63, 3.8) is 0 Å². The van der Waals surface area contributed by atoms with Crippen LogP contribution < -0.4 is 10.6 Å². The van der Waals surface area contributed by atoms with Crippen molar-refractivity contribution in [3.8, 4) is 0 Å². The van der Waals surface area contributed by atoms with Crippen molar-refractivity contribution < 1.29 is 4.74 Å². The van der Waals surface area contributed by atoms with Gasteiger partial charge in [0.05, 0.1) is 18.8 Å². The van der Waals surface area contributed by atoms with Gasteiger partial charge in [0.15, 0.2) is 5.96 Å². The number of aryl methyl sites for hydroxylation is 1. The largest absolute Gasteiger partial charge is 0.381 e. The third-order valence-corrected chi connectivity index (χ3v) is 4.46. The summed E-state index contributed by atoms with van der Waals surface area (Å²) in [6.45, 7) is 10.0. The average molecular weight is 421 g/mol. The quantitative estimate of drug-likeness (QED) is 0.387. The Bertz CT molecular complexity index is 500. The van der Waals surface area contributed by atoms with E-state index in [0.717, 1.165) is 30.2 Å². The van der Waals surface area contributed by atoms with E-state index in [1.54, 1.807) is 7.11 Å². The third kappa shape index (κ3) is 4.13. The lowest BCUT2D eigenvalue weighted by Crippen LogP contribution is -2.63. The predicted molar refractivity (Wildman–Crippen MR) is 99.7 cm³/mol. The number of aromatic nitrogens is 2. The van der Waals surface area contributed by atoms with Gasteiger partial charge in [0.2, 0.25) is 0 Å². The second kappa shape index (κ2) is 8.14. The Morgan fingerprint density at radius 1 is 1.55 bits per heavy atom. The van der Waals surface area contributed by atoms with Crippen LogP contribution in [0.2, 0.25) is 0 Å². The van der Waals surface area contributed by atoms with Crippen LogP contribution in [-0.2, 0) is 11.3 Å². The van der Waals surface area contributed by atoms with E-state index in [4.69, 9.17) is 4.74 Å². The summed E-state index contributed by atoms with van der Waals surface area (Å²) in [5.74, 6) is 0.853. The fourth-order valence-electron chi connectivity index (χ4n) is 2.71. The molecule has 2 rings (SSSR count). The molecule has 0 radical (unpaired) electrons. The lowest BCUT2D eigenvalue weighted by atomic mass is 9.64. The number of ether oxygens (including phenoxy) is 1. The molecule has 1 saturated carbocycles. The van der Waals surface area contributed by atoms with Crippen LogP contribution in [0.5, 0.6) is 0 Å². The number of H-pyrrole nitrogens is 1. The number of guanidine groups is 1. The molecule has 0 aliphatic heterocycles. The molecule has 2 atom stereocenters. The summed E-state index contributed by atoms with van der Waals surface area (Å²) in [5, 5.41) is 13.8. The molecule has 6 nitrogen and oxygen atoms in total. The van der Waals surface area contributed by atoms with Crippen LogP contribution in [0.4, 0.5) is 0 Å². The van der Waals surface area contributed by atoms with Crippen molar-refractivity contribution >= 4 is 29.9 Å². The number of hydrogen-bond donors (Lipinski definition) is 3. The first-order valence-electron chi connectivity index (χ1n) is 7.55. The minimum absolute atomic E-state index is 0. The molecule has 0 amide bonds.